The number of fused-ring (bicyclic) bond motifs is 1. The number of rotatable bonds is 9. The number of hydrogen-bond donors (Lipinski definition) is 2. The third kappa shape index (κ3) is 5.02. The Morgan fingerprint density at radius 3 is 2.33 bits per heavy atom. The molecule has 1 amide bonds. The molecule has 3 aromatic carbocycles. The van der Waals surface area contributed by atoms with E-state index in [0.29, 0.717) is 24.3 Å². The van der Waals surface area contributed by atoms with Crippen molar-refractivity contribution < 1.29 is 9.53 Å². The van der Waals surface area contributed by atoms with Crippen molar-refractivity contribution in [3.8, 4) is 5.75 Å². The average molecular weight is 487 g/mol. The Bertz CT molecular complexity index is 1490. The molecule has 186 valence electrons. The van der Waals surface area contributed by atoms with Crippen LogP contribution in [0.4, 0.5) is 11.5 Å². The highest BCUT2D eigenvalue weighted by atomic mass is 16.5. The number of ether oxygens (including phenoxy) is 1. The van der Waals surface area contributed by atoms with Crippen LogP contribution in [0, 0.1) is 0 Å². The van der Waals surface area contributed by atoms with Crippen molar-refractivity contribution in [1.29, 1.82) is 0 Å². The van der Waals surface area contributed by atoms with Gasteiger partial charge in [0.2, 0.25) is 0 Å². The molecular formula is C28H30N4O4. The van der Waals surface area contributed by atoms with Gasteiger partial charge in [0.1, 0.15) is 11.6 Å². The molecule has 0 saturated carbocycles. The predicted molar refractivity (Wildman–Crippen MR) is 143 cm³/mol. The number of amides is 1. The molecule has 0 fully saturated rings. The van der Waals surface area contributed by atoms with Gasteiger partial charge in [0, 0.05) is 6.54 Å². The zero-order valence-corrected chi connectivity index (χ0v) is 20.5. The Hall–Kier alpha value is -4.33. The summed E-state index contributed by atoms with van der Waals surface area (Å²) in [7, 11) is 0. The normalized spacial score (nSPS) is 10.9. The largest absolute Gasteiger partial charge is 0.493 e. The number of nitrogens with two attached hydrogens (primary N) is 1. The van der Waals surface area contributed by atoms with E-state index in [1.807, 2.05) is 74.5 Å². The molecule has 1 heterocycles. The fourth-order valence-electron chi connectivity index (χ4n) is 4.20. The summed E-state index contributed by atoms with van der Waals surface area (Å²) in [5.74, 6) is -0.0501. The molecule has 0 radical (unpaired) electrons. The van der Waals surface area contributed by atoms with Crippen LogP contribution in [0.1, 0.15) is 42.6 Å². The SMILES string of the molecule is CCCCN(C(=O)c1cc2ccccc2cc1OCC)c1c(N)n(Cc2ccccc2)c(=O)[nH]c1=O. The summed E-state index contributed by atoms with van der Waals surface area (Å²) in [6.45, 7) is 4.63. The summed E-state index contributed by atoms with van der Waals surface area (Å²) in [4.78, 5) is 43.5. The van der Waals surface area contributed by atoms with Gasteiger partial charge in [-0.05, 0) is 41.8 Å². The number of anilines is 2. The number of aromatic amines is 1. The molecule has 0 atom stereocenters. The van der Waals surface area contributed by atoms with Crippen molar-refractivity contribution in [2.24, 2.45) is 0 Å². The Morgan fingerprint density at radius 2 is 1.67 bits per heavy atom. The minimum absolute atomic E-state index is 0.0420. The number of nitrogens with zero attached hydrogens (tertiary/aromatic N) is 2. The second-order valence-corrected chi connectivity index (χ2v) is 8.50. The smallest absolute Gasteiger partial charge is 0.330 e. The van der Waals surface area contributed by atoms with E-state index in [1.54, 1.807) is 6.07 Å². The van der Waals surface area contributed by atoms with Crippen molar-refractivity contribution in [1.82, 2.24) is 9.55 Å². The number of nitrogen functional groups attached to an aromatic ring is 1. The summed E-state index contributed by atoms with van der Waals surface area (Å²) in [6, 6.07) is 20.6. The molecule has 8 heteroatoms. The molecule has 0 unspecified atom stereocenters. The van der Waals surface area contributed by atoms with Crippen molar-refractivity contribution in [3.63, 3.8) is 0 Å². The van der Waals surface area contributed by atoms with Gasteiger partial charge >= 0.3 is 5.69 Å². The number of hydrogen-bond acceptors (Lipinski definition) is 5. The van der Waals surface area contributed by atoms with Crippen molar-refractivity contribution in [3.05, 3.63) is 98.7 Å². The first-order chi connectivity index (χ1) is 17.4. The van der Waals surface area contributed by atoms with Crippen LogP contribution in [0.2, 0.25) is 0 Å². The van der Waals surface area contributed by atoms with E-state index in [0.717, 1.165) is 22.8 Å². The lowest BCUT2D eigenvalue weighted by Gasteiger charge is -2.25. The van der Waals surface area contributed by atoms with Gasteiger partial charge in [-0.15, -0.1) is 0 Å². The summed E-state index contributed by atoms with van der Waals surface area (Å²) in [5.41, 5.74) is 6.21. The maximum atomic E-state index is 14.0. The molecule has 4 rings (SSSR count). The van der Waals surface area contributed by atoms with Gasteiger partial charge in [0.05, 0.1) is 18.7 Å². The van der Waals surface area contributed by atoms with Gasteiger partial charge in [0.15, 0.2) is 5.69 Å². The number of carbonyl (C=O) groups excluding carboxylic acids is 1. The highest BCUT2D eigenvalue weighted by molar-refractivity contribution is 6.11. The Labute approximate surface area is 208 Å². The number of aromatic nitrogens is 2. The molecule has 4 aromatic rings. The minimum atomic E-state index is -0.704. The first-order valence-electron chi connectivity index (χ1n) is 12.1. The molecule has 3 N–H and O–H groups in total. The molecular weight excluding hydrogens is 456 g/mol. The average Bonchev–Trinajstić information content (AvgIpc) is 2.88. The standard InChI is InChI=1S/C28H30N4O4/c1-3-5-15-31(27(34)22-16-20-13-9-10-14-21(20)17-23(22)36-4-2)24-25(29)32(28(35)30-26(24)33)18-19-11-7-6-8-12-19/h6-14,16-17H,3-5,15,18,29H2,1-2H3,(H,30,33,35). The van der Waals surface area contributed by atoms with E-state index >= 15 is 0 Å². The Morgan fingerprint density at radius 1 is 1.00 bits per heavy atom. The highest BCUT2D eigenvalue weighted by Crippen LogP contribution is 2.30. The van der Waals surface area contributed by atoms with Crippen molar-refractivity contribution in [2.45, 2.75) is 33.2 Å². The molecule has 0 bridgehead atoms. The Kier molecular flexibility index (Phi) is 7.53. The van der Waals surface area contributed by atoms with Gasteiger partial charge in [-0.1, -0.05) is 67.9 Å². The third-order valence-electron chi connectivity index (χ3n) is 6.03. The molecule has 0 aliphatic heterocycles. The number of carbonyl (C=O) groups is 1. The first kappa shape index (κ1) is 24.8. The topological polar surface area (TPSA) is 110 Å². The fraction of sp³-hybridized carbons (Fsp3) is 0.250. The number of benzene rings is 3. The number of nitrogens with one attached hydrogen (secondary N) is 1. The third-order valence-corrected chi connectivity index (χ3v) is 6.03. The maximum Gasteiger partial charge on any atom is 0.330 e. The summed E-state index contributed by atoms with van der Waals surface area (Å²) in [5, 5.41) is 1.81. The lowest BCUT2D eigenvalue weighted by atomic mass is 10.0. The van der Waals surface area contributed by atoms with Gasteiger partial charge in [-0.3, -0.25) is 19.1 Å². The fourth-order valence-corrected chi connectivity index (χ4v) is 4.20. The van der Waals surface area contributed by atoms with Crippen LogP contribution in [-0.2, 0) is 6.54 Å². The summed E-state index contributed by atoms with van der Waals surface area (Å²) < 4.78 is 7.10. The lowest BCUT2D eigenvalue weighted by molar-refractivity contribution is 0.0982. The first-order valence-corrected chi connectivity index (χ1v) is 12.1. The Balaban J connectivity index is 1.86. The van der Waals surface area contributed by atoms with E-state index in [1.165, 1.54) is 9.47 Å². The lowest BCUT2D eigenvalue weighted by Crippen LogP contribution is -2.42. The van der Waals surface area contributed by atoms with Crippen LogP contribution in [0.15, 0.2) is 76.3 Å². The number of unbranched alkanes of at least 4 members (excludes halogenated alkanes) is 1. The zero-order chi connectivity index (χ0) is 25.7. The van der Waals surface area contributed by atoms with E-state index in [9.17, 15) is 14.4 Å². The second-order valence-electron chi connectivity index (χ2n) is 8.50. The van der Waals surface area contributed by atoms with Crippen LogP contribution in [-0.4, -0.2) is 28.6 Å². The van der Waals surface area contributed by atoms with E-state index < -0.39 is 17.2 Å². The molecule has 36 heavy (non-hydrogen) atoms. The van der Waals surface area contributed by atoms with E-state index in [2.05, 4.69) is 4.98 Å². The molecule has 0 spiro atoms. The molecule has 0 aliphatic carbocycles. The minimum Gasteiger partial charge on any atom is -0.493 e. The molecule has 0 aliphatic rings. The van der Waals surface area contributed by atoms with Crippen LogP contribution in [0.5, 0.6) is 5.75 Å². The highest BCUT2D eigenvalue weighted by Gasteiger charge is 2.27. The van der Waals surface area contributed by atoms with Gasteiger partial charge in [-0.25, -0.2) is 4.79 Å². The zero-order valence-electron chi connectivity index (χ0n) is 20.5. The number of H-pyrrole nitrogens is 1. The van der Waals surface area contributed by atoms with Crippen LogP contribution in [0.25, 0.3) is 10.8 Å². The molecule has 1 aromatic heterocycles. The van der Waals surface area contributed by atoms with Gasteiger partial charge in [-0.2, -0.15) is 0 Å². The van der Waals surface area contributed by atoms with Crippen LogP contribution < -0.4 is 26.6 Å². The van der Waals surface area contributed by atoms with E-state index in [-0.39, 0.29) is 24.6 Å². The monoisotopic (exact) mass is 486 g/mol. The second kappa shape index (κ2) is 10.9. The maximum absolute atomic E-state index is 14.0. The predicted octanol–water partition coefficient (Wildman–Crippen LogP) is 4.17. The quantitative estimate of drug-likeness (QED) is 0.369. The molecule has 0 saturated heterocycles. The summed E-state index contributed by atoms with van der Waals surface area (Å²) in [6.07, 6.45) is 1.43. The van der Waals surface area contributed by atoms with Gasteiger partial charge < -0.3 is 15.4 Å². The van der Waals surface area contributed by atoms with Crippen LogP contribution in [0.3, 0.4) is 0 Å². The summed E-state index contributed by atoms with van der Waals surface area (Å²) >= 11 is 0. The van der Waals surface area contributed by atoms with Crippen molar-refractivity contribution >= 4 is 28.2 Å². The van der Waals surface area contributed by atoms with Gasteiger partial charge in [0.25, 0.3) is 11.5 Å². The molecule has 8 nitrogen and oxygen atoms in total. The van der Waals surface area contributed by atoms with Crippen LogP contribution >= 0.6 is 0 Å². The van der Waals surface area contributed by atoms with Crippen molar-refractivity contribution in [2.75, 3.05) is 23.8 Å². The van der Waals surface area contributed by atoms with E-state index in [4.69, 9.17) is 10.5 Å².